The Morgan fingerprint density at radius 2 is 1.91 bits per heavy atom. The second kappa shape index (κ2) is 10.1. The molecular formula is C24H24F3N5O3. The molecular weight excluding hydrogens is 463 g/mol. The quantitative estimate of drug-likeness (QED) is 0.440. The minimum Gasteiger partial charge on any atom is -0.508 e. The standard InChI is InChI=1S/C24H24F3N5O3/c1-35-20-12-15(22(34)32-10-4-5-11-32)8-9-18(20)30-23-29-14-17(24(25,26)27)21(31-23)28-13-16-6-2-3-7-19(16)33/h2-3,6-9,12,14,33H,4-5,10-11,13H2,1H3,(H2,28,29,30,31). The molecule has 184 valence electrons. The number of anilines is 3. The summed E-state index contributed by atoms with van der Waals surface area (Å²) in [5.74, 6) is -0.377. The first-order valence-electron chi connectivity index (χ1n) is 11.0. The van der Waals surface area contributed by atoms with Crippen molar-refractivity contribution in [3.63, 3.8) is 0 Å². The third-order valence-electron chi connectivity index (χ3n) is 5.62. The Bertz CT molecular complexity index is 1210. The molecule has 4 rings (SSSR count). The van der Waals surface area contributed by atoms with Crippen LogP contribution in [-0.4, -0.2) is 46.1 Å². The molecule has 0 aliphatic carbocycles. The minimum absolute atomic E-state index is 0.0470. The average Bonchev–Trinajstić information content (AvgIpc) is 3.38. The first-order chi connectivity index (χ1) is 16.8. The molecule has 35 heavy (non-hydrogen) atoms. The van der Waals surface area contributed by atoms with Gasteiger partial charge in [-0.15, -0.1) is 0 Å². The number of hydrogen-bond acceptors (Lipinski definition) is 7. The van der Waals surface area contributed by atoms with Crippen molar-refractivity contribution < 1.29 is 27.8 Å². The van der Waals surface area contributed by atoms with Crippen molar-refractivity contribution in [2.75, 3.05) is 30.8 Å². The molecule has 0 spiro atoms. The van der Waals surface area contributed by atoms with Gasteiger partial charge in [-0.3, -0.25) is 4.79 Å². The number of aromatic nitrogens is 2. The molecule has 8 nitrogen and oxygen atoms in total. The van der Waals surface area contributed by atoms with Crippen molar-refractivity contribution in [3.05, 3.63) is 65.4 Å². The van der Waals surface area contributed by atoms with Gasteiger partial charge in [-0.1, -0.05) is 18.2 Å². The molecule has 1 aliphatic heterocycles. The van der Waals surface area contributed by atoms with E-state index in [1.54, 1.807) is 41.3 Å². The summed E-state index contributed by atoms with van der Waals surface area (Å²) < 4.78 is 46.0. The van der Waals surface area contributed by atoms with Gasteiger partial charge in [-0.2, -0.15) is 18.2 Å². The number of amides is 1. The van der Waals surface area contributed by atoms with Crippen LogP contribution in [0.15, 0.2) is 48.7 Å². The lowest BCUT2D eigenvalue weighted by Gasteiger charge is -2.18. The fourth-order valence-electron chi connectivity index (χ4n) is 3.77. The lowest BCUT2D eigenvalue weighted by molar-refractivity contribution is -0.137. The van der Waals surface area contributed by atoms with Crippen LogP contribution in [0.25, 0.3) is 0 Å². The van der Waals surface area contributed by atoms with E-state index < -0.39 is 17.6 Å². The van der Waals surface area contributed by atoms with Gasteiger partial charge >= 0.3 is 6.18 Å². The maximum atomic E-state index is 13.5. The monoisotopic (exact) mass is 487 g/mol. The molecule has 1 saturated heterocycles. The zero-order valence-corrected chi connectivity index (χ0v) is 18.9. The molecule has 0 radical (unpaired) electrons. The molecule has 1 fully saturated rings. The van der Waals surface area contributed by atoms with E-state index in [0.29, 0.717) is 41.9 Å². The van der Waals surface area contributed by atoms with E-state index in [9.17, 15) is 23.1 Å². The van der Waals surface area contributed by atoms with Gasteiger partial charge in [0.25, 0.3) is 5.91 Å². The molecule has 1 amide bonds. The largest absolute Gasteiger partial charge is 0.508 e. The van der Waals surface area contributed by atoms with Crippen LogP contribution >= 0.6 is 0 Å². The van der Waals surface area contributed by atoms with Crippen LogP contribution in [0.3, 0.4) is 0 Å². The molecule has 0 atom stereocenters. The van der Waals surface area contributed by atoms with Crippen LogP contribution in [0, 0.1) is 0 Å². The van der Waals surface area contributed by atoms with Gasteiger partial charge in [-0.25, -0.2) is 4.98 Å². The van der Waals surface area contributed by atoms with E-state index >= 15 is 0 Å². The highest BCUT2D eigenvalue weighted by atomic mass is 19.4. The Labute approximate surface area is 199 Å². The second-order valence-corrected chi connectivity index (χ2v) is 7.98. The van der Waals surface area contributed by atoms with Gasteiger partial charge in [-0.05, 0) is 37.1 Å². The summed E-state index contributed by atoms with van der Waals surface area (Å²) in [6.07, 6.45) is -2.07. The zero-order valence-electron chi connectivity index (χ0n) is 18.9. The van der Waals surface area contributed by atoms with Gasteiger partial charge in [0.2, 0.25) is 5.95 Å². The zero-order chi connectivity index (χ0) is 25.0. The number of alkyl halides is 3. The van der Waals surface area contributed by atoms with Gasteiger partial charge in [0, 0.05) is 37.0 Å². The molecule has 2 aromatic carbocycles. The first-order valence-corrected chi connectivity index (χ1v) is 11.0. The Kier molecular flexibility index (Phi) is 6.94. The van der Waals surface area contributed by atoms with Crippen molar-refractivity contribution in [2.24, 2.45) is 0 Å². The summed E-state index contributed by atoms with van der Waals surface area (Å²) in [4.78, 5) is 22.3. The van der Waals surface area contributed by atoms with Crippen LogP contribution in [0.1, 0.15) is 34.3 Å². The van der Waals surface area contributed by atoms with E-state index in [2.05, 4.69) is 20.6 Å². The molecule has 0 bridgehead atoms. The fourth-order valence-corrected chi connectivity index (χ4v) is 3.77. The number of nitrogens with zero attached hydrogens (tertiary/aromatic N) is 3. The van der Waals surface area contributed by atoms with Crippen molar-refractivity contribution in [3.8, 4) is 11.5 Å². The van der Waals surface area contributed by atoms with E-state index in [1.807, 2.05) is 0 Å². The molecule has 3 aromatic rings. The normalized spacial score (nSPS) is 13.5. The number of aromatic hydroxyl groups is 1. The summed E-state index contributed by atoms with van der Waals surface area (Å²) in [7, 11) is 1.43. The number of phenols is 1. The number of methoxy groups -OCH3 is 1. The number of nitrogens with one attached hydrogen (secondary N) is 2. The minimum atomic E-state index is -4.69. The lowest BCUT2D eigenvalue weighted by Crippen LogP contribution is -2.27. The van der Waals surface area contributed by atoms with Gasteiger partial charge < -0.3 is 25.4 Å². The van der Waals surface area contributed by atoms with Crippen molar-refractivity contribution in [2.45, 2.75) is 25.6 Å². The number of halogens is 3. The topological polar surface area (TPSA) is 99.6 Å². The Balaban J connectivity index is 1.58. The van der Waals surface area contributed by atoms with Crippen LogP contribution in [0.2, 0.25) is 0 Å². The molecule has 3 N–H and O–H groups in total. The fraction of sp³-hybridized carbons (Fsp3) is 0.292. The maximum Gasteiger partial charge on any atom is 0.421 e. The predicted molar refractivity (Wildman–Crippen MR) is 124 cm³/mol. The van der Waals surface area contributed by atoms with Crippen molar-refractivity contribution in [1.29, 1.82) is 0 Å². The number of likely N-dealkylation sites (tertiary alicyclic amines) is 1. The van der Waals surface area contributed by atoms with Crippen molar-refractivity contribution in [1.82, 2.24) is 14.9 Å². The summed E-state index contributed by atoms with van der Waals surface area (Å²) in [6.45, 7) is 1.33. The molecule has 1 aliphatic rings. The Morgan fingerprint density at radius 3 is 2.60 bits per heavy atom. The van der Waals surface area contributed by atoms with Crippen LogP contribution in [-0.2, 0) is 12.7 Å². The van der Waals surface area contributed by atoms with Crippen molar-refractivity contribution >= 4 is 23.4 Å². The number of para-hydroxylation sites is 1. The number of hydrogen-bond donors (Lipinski definition) is 3. The first kappa shape index (κ1) is 24.1. The number of rotatable bonds is 7. The highest BCUT2D eigenvalue weighted by Crippen LogP contribution is 2.35. The molecule has 1 aromatic heterocycles. The van der Waals surface area contributed by atoms with Crippen LogP contribution in [0.4, 0.5) is 30.6 Å². The highest BCUT2D eigenvalue weighted by Gasteiger charge is 2.35. The number of ether oxygens (including phenoxy) is 1. The van der Waals surface area contributed by atoms with E-state index in [1.165, 1.54) is 13.2 Å². The van der Waals surface area contributed by atoms with Gasteiger partial charge in [0.05, 0.1) is 12.8 Å². The molecule has 2 heterocycles. The molecule has 0 saturated carbocycles. The maximum absolute atomic E-state index is 13.5. The number of phenolic OH excluding ortho intramolecular Hbond substituents is 1. The lowest BCUT2D eigenvalue weighted by atomic mass is 10.1. The average molecular weight is 487 g/mol. The third-order valence-corrected chi connectivity index (χ3v) is 5.62. The van der Waals surface area contributed by atoms with E-state index in [4.69, 9.17) is 4.74 Å². The number of carbonyl (C=O) groups is 1. The van der Waals surface area contributed by atoms with Gasteiger partial charge in [0.1, 0.15) is 22.9 Å². The smallest absolute Gasteiger partial charge is 0.421 e. The molecule has 11 heteroatoms. The third kappa shape index (κ3) is 5.56. The highest BCUT2D eigenvalue weighted by molar-refractivity contribution is 5.95. The molecule has 0 unspecified atom stereocenters. The van der Waals surface area contributed by atoms with Crippen LogP contribution in [0.5, 0.6) is 11.5 Å². The summed E-state index contributed by atoms with van der Waals surface area (Å²) in [6, 6.07) is 11.1. The number of benzene rings is 2. The second-order valence-electron chi connectivity index (χ2n) is 7.98. The van der Waals surface area contributed by atoms with E-state index in [0.717, 1.165) is 12.8 Å². The van der Waals surface area contributed by atoms with Gasteiger partial charge in [0.15, 0.2) is 0 Å². The summed E-state index contributed by atoms with van der Waals surface area (Å²) >= 11 is 0. The SMILES string of the molecule is COc1cc(C(=O)N2CCCC2)ccc1Nc1ncc(C(F)(F)F)c(NCc2ccccc2O)n1. The number of carbonyl (C=O) groups excluding carboxylic acids is 1. The Morgan fingerprint density at radius 1 is 1.17 bits per heavy atom. The van der Waals surface area contributed by atoms with Crippen LogP contribution < -0.4 is 15.4 Å². The predicted octanol–water partition coefficient (Wildman–Crippen LogP) is 4.80. The van der Waals surface area contributed by atoms with E-state index in [-0.39, 0.29) is 24.1 Å². The summed E-state index contributed by atoms with van der Waals surface area (Å²) in [5, 5.41) is 15.4. The summed E-state index contributed by atoms with van der Waals surface area (Å²) in [5.41, 5.74) is 0.204. The Hall–Kier alpha value is -4.02.